The number of methoxy groups -OCH3 is 1. The smallest absolute Gasteiger partial charge is 0.319 e. The second kappa shape index (κ2) is 6.19. The van der Waals surface area contributed by atoms with Crippen molar-refractivity contribution in [3.63, 3.8) is 0 Å². The predicted molar refractivity (Wildman–Crippen MR) is 82.7 cm³/mol. The van der Waals surface area contributed by atoms with Crippen LogP contribution in [0.4, 0.5) is 0 Å². The number of nitrogens with one attached hydrogen (secondary N) is 1. The molecule has 1 fully saturated rings. The van der Waals surface area contributed by atoms with Crippen molar-refractivity contribution in [1.29, 1.82) is 0 Å². The third kappa shape index (κ3) is 2.96. The summed E-state index contributed by atoms with van der Waals surface area (Å²) in [6.45, 7) is 2.88. The summed E-state index contributed by atoms with van der Waals surface area (Å²) < 4.78 is 4.66. The Morgan fingerprint density at radius 2 is 1.91 bits per heavy atom. The highest BCUT2D eigenvalue weighted by molar-refractivity contribution is 5.98. The summed E-state index contributed by atoms with van der Waals surface area (Å²) in [6, 6.07) is 9.73. The van der Waals surface area contributed by atoms with E-state index in [9.17, 15) is 9.59 Å². The minimum atomic E-state index is -0.240. The number of carbonyl (C=O) groups is 2. The summed E-state index contributed by atoms with van der Waals surface area (Å²) in [6.07, 6.45) is 0. The molecule has 1 aromatic heterocycles. The Bertz CT molecular complexity index is 654. The summed E-state index contributed by atoms with van der Waals surface area (Å²) >= 11 is 0. The van der Waals surface area contributed by atoms with E-state index in [0.717, 1.165) is 10.9 Å². The van der Waals surface area contributed by atoms with Gasteiger partial charge >= 0.3 is 5.97 Å². The molecular weight excluding hydrogens is 282 g/mol. The molecular formula is C16H19N3O3. The molecule has 2 heterocycles. The van der Waals surface area contributed by atoms with Gasteiger partial charge in [0.2, 0.25) is 0 Å². The fourth-order valence-electron chi connectivity index (χ4n) is 2.72. The van der Waals surface area contributed by atoms with Crippen molar-refractivity contribution in [1.82, 2.24) is 14.8 Å². The van der Waals surface area contributed by atoms with E-state index in [1.54, 1.807) is 0 Å². The van der Waals surface area contributed by atoms with Crippen LogP contribution in [0.3, 0.4) is 0 Å². The molecule has 1 aliphatic rings. The number of esters is 1. The van der Waals surface area contributed by atoms with Crippen LogP contribution in [0, 0.1) is 0 Å². The van der Waals surface area contributed by atoms with Crippen molar-refractivity contribution in [2.24, 2.45) is 0 Å². The van der Waals surface area contributed by atoms with E-state index < -0.39 is 0 Å². The Hall–Kier alpha value is -2.34. The maximum absolute atomic E-state index is 12.5. The van der Waals surface area contributed by atoms with Gasteiger partial charge in [0, 0.05) is 37.1 Å². The Morgan fingerprint density at radius 3 is 2.59 bits per heavy atom. The van der Waals surface area contributed by atoms with Gasteiger partial charge in [-0.05, 0) is 12.1 Å². The first kappa shape index (κ1) is 14.6. The molecule has 1 amide bonds. The quantitative estimate of drug-likeness (QED) is 0.862. The molecule has 0 spiro atoms. The number of H-pyrrole nitrogens is 1. The zero-order valence-corrected chi connectivity index (χ0v) is 12.5. The molecule has 6 nitrogen and oxygen atoms in total. The lowest BCUT2D eigenvalue weighted by Crippen LogP contribution is -2.50. The second-order valence-electron chi connectivity index (χ2n) is 5.41. The number of hydrogen-bond acceptors (Lipinski definition) is 4. The number of carbonyl (C=O) groups excluding carboxylic acids is 2. The topological polar surface area (TPSA) is 65.6 Å². The summed E-state index contributed by atoms with van der Waals surface area (Å²) in [7, 11) is 1.39. The highest BCUT2D eigenvalue weighted by atomic mass is 16.5. The zero-order chi connectivity index (χ0) is 15.5. The van der Waals surface area contributed by atoms with Crippen LogP contribution in [0.1, 0.15) is 10.5 Å². The lowest BCUT2D eigenvalue weighted by atomic mass is 10.2. The number of piperazine rings is 1. The number of para-hydroxylation sites is 1. The van der Waals surface area contributed by atoms with Crippen LogP contribution in [0.5, 0.6) is 0 Å². The van der Waals surface area contributed by atoms with E-state index in [1.807, 2.05) is 40.1 Å². The molecule has 0 radical (unpaired) electrons. The predicted octanol–water partition coefficient (Wildman–Crippen LogP) is 1.10. The fraction of sp³-hybridized carbons (Fsp3) is 0.375. The maximum atomic E-state index is 12.5. The van der Waals surface area contributed by atoms with Crippen molar-refractivity contribution < 1.29 is 14.3 Å². The lowest BCUT2D eigenvalue weighted by molar-refractivity contribution is -0.142. The molecule has 116 valence electrons. The molecule has 3 rings (SSSR count). The van der Waals surface area contributed by atoms with E-state index in [-0.39, 0.29) is 18.4 Å². The van der Waals surface area contributed by atoms with E-state index in [1.165, 1.54) is 7.11 Å². The van der Waals surface area contributed by atoms with Gasteiger partial charge in [0.1, 0.15) is 5.69 Å². The monoisotopic (exact) mass is 301 g/mol. The van der Waals surface area contributed by atoms with E-state index >= 15 is 0 Å². The van der Waals surface area contributed by atoms with Crippen LogP contribution in [0.15, 0.2) is 30.3 Å². The van der Waals surface area contributed by atoms with Gasteiger partial charge in [0.05, 0.1) is 13.7 Å². The highest BCUT2D eigenvalue weighted by Gasteiger charge is 2.24. The van der Waals surface area contributed by atoms with Gasteiger partial charge in [-0.3, -0.25) is 14.5 Å². The Morgan fingerprint density at radius 1 is 1.18 bits per heavy atom. The van der Waals surface area contributed by atoms with Crippen molar-refractivity contribution in [3.05, 3.63) is 36.0 Å². The van der Waals surface area contributed by atoms with E-state index in [0.29, 0.717) is 31.9 Å². The van der Waals surface area contributed by atoms with Crippen LogP contribution in [0.25, 0.3) is 10.9 Å². The molecule has 0 aliphatic carbocycles. The van der Waals surface area contributed by atoms with Gasteiger partial charge < -0.3 is 14.6 Å². The number of hydrogen-bond donors (Lipinski definition) is 1. The number of fused-ring (bicyclic) bond motifs is 1. The van der Waals surface area contributed by atoms with Gasteiger partial charge in [-0.1, -0.05) is 18.2 Å². The molecule has 0 saturated carbocycles. The van der Waals surface area contributed by atoms with Crippen LogP contribution in [-0.4, -0.2) is 66.5 Å². The molecule has 1 aromatic carbocycles. The molecule has 0 atom stereocenters. The highest BCUT2D eigenvalue weighted by Crippen LogP contribution is 2.16. The van der Waals surface area contributed by atoms with Crippen molar-refractivity contribution in [2.75, 3.05) is 39.8 Å². The van der Waals surface area contributed by atoms with Crippen molar-refractivity contribution >= 4 is 22.8 Å². The molecule has 1 aliphatic heterocycles. The van der Waals surface area contributed by atoms with Gasteiger partial charge in [-0.15, -0.1) is 0 Å². The van der Waals surface area contributed by atoms with Crippen LogP contribution < -0.4 is 0 Å². The Kier molecular flexibility index (Phi) is 4.11. The number of amides is 1. The van der Waals surface area contributed by atoms with Gasteiger partial charge in [-0.2, -0.15) is 0 Å². The number of benzene rings is 1. The Balaban J connectivity index is 1.63. The lowest BCUT2D eigenvalue weighted by Gasteiger charge is -2.33. The third-order valence-electron chi connectivity index (χ3n) is 4.00. The summed E-state index contributed by atoms with van der Waals surface area (Å²) in [5, 5.41) is 1.04. The third-order valence-corrected chi connectivity index (χ3v) is 4.00. The summed E-state index contributed by atoms with van der Waals surface area (Å²) in [5.41, 5.74) is 1.58. The number of rotatable bonds is 3. The van der Waals surface area contributed by atoms with Gasteiger partial charge in [0.15, 0.2) is 0 Å². The maximum Gasteiger partial charge on any atom is 0.319 e. The molecule has 0 unspecified atom stereocenters. The van der Waals surface area contributed by atoms with Crippen molar-refractivity contribution in [3.8, 4) is 0 Å². The van der Waals surface area contributed by atoms with Crippen LogP contribution >= 0.6 is 0 Å². The molecule has 0 bridgehead atoms. The first-order valence-electron chi connectivity index (χ1n) is 7.33. The molecule has 1 N–H and O–H groups in total. The minimum Gasteiger partial charge on any atom is -0.468 e. The standard InChI is InChI=1S/C16H19N3O3/c1-22-15(20)11-18-6-8-19(9-7-18)16(21)14-10-12-4-2-3-5-13(12)17-14/h2-5,10,17H,6-9,11H2,1H3. The molecule has 22 heavy (non-hydrogen) atoms. The SMILES string of the molecule is COC(=O)CN1CCN(C(=O)c2cc3ccccc3[nH]2)CC1. The first-order chi connectivity index (χ1) is 10.7. The van der Waals surface area contributed by atoms with Gasteiger partial charge in [0.25, 0.3) is 5.91 Å². The molecule has 6 heteroatoms. The Labute approximate surface area is 128 Å². The molecule has 2 aromatic rings. The molecule has 1 saturated heterocycles. The first-order valence-corrected chi connectivity index (χ1v) is 7.33. The average Bonchev–Trinajstić information content (AvgIpc) is 2.98. The minimum absolute atomic E-state index is 0.00826. The fourth-order valence-corrected chi connectivity index (χ4v) is 2.72. The van der Waals surface area contributed by atoms with Crippen LogP contribution in [0.2, 0.25) is 0 Å². The summed E-state index contributed by atoms with van der Waals surface area (Å²) in [4.78, 5) is 30.8. The van der Waals surface area contributed by atoms with Crippen LogP contribution in [-0.2, 0) is 9.53 Å². The average molecular weight is 301 g/mol. The normalized spacial score (nSPS) is 16.0. The number of aromatic amines is 1. The number of nitrogens with zero attached hydrogens (tertiary/aromatic N) is 2. The van der Waals surface area contributed by atoms with Gasteiger partial charge in [-0.25, -0.2) is 0 Å². The number of ether oxygens (including phenoxy) is 1. The summed E-state index contributed by atoms with van der Waals surface area (Å²) in [5.74, 6) is -0.232. The van der Waals surface area contributed by atoms with E-state index in [4.69, 9.17) is 0 Å². The zero-order valence-electron chi connectivity index (χ0n) is 12.5. The number of aromatic nitrogens is 1. The van der Waals surface area contributed by atoms with Crippen molar-refractivity contribution in [2.45, 2.75) is 0 Å². The largest absolute Gasteiger partial charge is 0.468 e. The second-order valence-corrected chi connectivity index (χ2v) is 5.41. The van der Waals surface area contributed by atoms with E-state index in [2.05, 4.69) is 9.72 Å².